The predicted molar refractivity (Wildman–Crippen MR) is 81.4 cm³/mol. The molecule has 3 N–H and O–H groups in total. The highest BCUT2D eigenvalue weighted by atomic mass is 19.1. The van der Waals surface area contributed by atoms with Gasteiger partial charge in [-0.2, -0.15) is 0 Å². The smallest absolute Gasteiger partial charge is 0.261 e. The zero-order valence-electron chi connectivity index (χ0n) is 11.8. The van der Waals surface area contributed by atoms with Crippen LogP contribution in [0.15, 0.2) is 59.8 Å². The number of carbonyl (C=O) groups is 1. The van der Waals surface area contributed by atoms with E-state index >= 15 is 0 Å². The molecule has 6 heteroatoms. The molecule has 0 fully saturated rings. The lowest BCUT2D eigenvalue weighted by Gasteiger charge is -2.05. The van der Waals surface area contributed by atoms with E-state index in [9.17, 15) is 9.18 Å². The summed E-state index contributed by atoms with van der Waals surface area (Å²) < 4.78 is 12.8. The SMILES string of the molecule is N/C(=N\OCC(=O)NCc1ccccc1)c1ccc(F)cc1. The van der Waals surface area contributed by atoms with Crippen molar-refractivity contribution in [3.63, 3.8) is 0 Å². The van der Waals surface area contributed by atoms with Crippen LogP contribution in [0.25, 0.3) is 0 Å². The summed E-state index contributed by atoms with van der Waals surface area (Å²) in [5, 5.41) is 6.33. The molecular weight excluding hydrogens is 285 g/mol. The van der Waals surface area contributed by atoms with Crippen molar-refractivity contribution in [2.45, 2.75) is 6.54 Å². The van der Waals surface area contributed by atoms with E-state index < -0.39 is 0 Å². The average Bonchev–Trinajstić information content (AvgIpc) is 2.54. The summed E-state index contributed by atoms with van der Waals surface area (Å²) in [6.07, 6.45) is 0. The monoisotopic (exact) mass is 301 g/mol. The van der Waals surface area contributed by atoms with Gasteiger partial charge in [0.05, 0.1) is 0 Å². The van der Waals surface area contributed by atoms with E-state index in [2.05, 4.69) is 10.5 Å². The molecule has 22 heavy (non-hydrogen) atoms. The summed E-state index contributed by atoms with van der Waals surface area (Å²) in [7, 11) is 0. The third kappa shape index (κ3) is 4.90. The fourth-order valence-electron chi connectivity index (χ4n) is 1.68. The third-order valence-corrected chi connectivity index (χ3v) is 2.83. The van der Waals surface area contributed by atoms with Gasteiger partial charge in [-0.25, -0.2) is 4.39 Å². The fourth-order valence-corrected chi connectivity index (χ4v) is 1.68. The van der Waals surface area contributed by atoms with E-state index in [1.54, 1.807) is 0 Å². The number of halogens is 1. The number of carbonyl (C=O) groups excluding carboxylic acids is 1. The number of nitrogens with two attached hydrogens (primary N) is 1. The first-order valence-electron chi connectivity index (χ1n) is 6.67. The lowest BCUT2D eigenvalue weighted by molar-refractivity contribution is -0.125. The molecule has 2 rings (SSSR count). The Bertz CT molecular complexity index is 642. The Morgan fingerprint density at radius 3 is 2.50 bits per heavy atom. The van der Waals surface area contributed by atoms with E-state index in [0.717, 1.165) is 5.56 Å². The molecule has 114 valence electrons. The number of nitrogens with zero attached hydrogens (tertiary/aromatic N) is 1. The fraction of sp³-hybridized carbons (Fsp3) is 0.125. The maximum atomic E-state index is 12.8. The summed E-state index contributed by atoms with van der Waals surface area (Å²) in [5.74, 6) is -0.590. The second kappa shape index (κ2) is 7.78. The van der Waals surface area contributed by atoms with Crippen LogP contribution in [0, 0.1) is 5.82 Å². The molecule has 0 aromatic heterocycles. The van der Waals surface area contributed by atoms with Crippen LogP contribution in [0.3, 0.4) is 0 Å². The van der Waals surface area contributed by atoms with Gasteiger partial charge in [-0.1, -0.05) is 35.5 Å². The van der Waals surface area contributed by atoms with Crippen LogP contribution >= 0.6 is 0 Å². The largest absolute Gasteiger partial charge is 0.384 e. The van der Waals surface area contributed by atoms with E-state index in [-0.39, 0.29) is 24.2 Å². The highest BCUT2D eigenvalue weighted by Crippen LogP contribution is 2.02. The second-order valence-corrected chi connectivity index (χ2v) is 4.52. The van der Waals surface area contributed by atoms with Crippen molar-refractivity contribution < 1.29 is 14.0 Å². The van der Waals surface area contributed by atoms with Gasteiger partial charge in [-0.15, -0.1) is 0 Å². The number of rotatable bonds is 6. The first-order valence-corrected chi connectivity index (χ1v) is 6.67. The van der Waals surface area contributed by atoms with Crippen molar-refractivity contribution in [1.29, 1.82) is 0 Å². The lowest BCUT2D eigenvalue weighted by atomic mass is 10.2. The predicted octanol–water partition coefficient (Wildman–Crippen LogP) is 1.78. The normalized spacial score (nSPS) is 11.0. The summed E-state index contributed by atoms with van der Waals surface area (Å²) in [6.45, 7) is 0.176. The number of amides is 1. The van der Waals surface area contributed by atoms with Gasteiger partial charge in [0.1, 0.15) is 5.82 Å². The first kappa shape index (κ1) is 15.5. The summed E-state index contributed by atoms with van der Waals surface area (Å²) >= 11 is 0. The molecule has 1 amide bonds. The van der Waals surface area contributed by atoms with E-state index in [1.807, 2.05) is 30.3 Å². The van der Waals surface area contributed by atoms with E-state index in [0.29, 0.717) is 12.1 Å². The Morgan fingerprint density at radius 1 is 1.14 bits per heavy atom. The highest BCUT2D eigenvalue weighted by Gasteiger charge is 2.03. The van der Waals surface area contributed by atoms with Gasteiger partial charge in [-0.3, -0.25) is 4.79 Å². The van der Waals surface area contributed by atoms with Crippen molar-refractivity contribution in [2.75, 3.05) is 6.61 Å². The average molecular weight is 301 g/mol. The summed E-state index contributed by atoms with van der Waals surface area (Å²) in [6, 6.07) is 15.0. The van der Waals surface area contributed by atoms with E-state index in [1.165, 1.54) is 24.3 Å². The molecule has 0 spiro atoms. The molecule has 0 unspecified atom stereocenters. The standard InChI is InChI=1S/C16H16FN3O2/c17-14-8-6-13(7-9-14)16(18)20-22-11-15(21)19-10-12-4-2-1-3-5-12/h1-9H,10-11H2,(H2,18,20)(H,19,21). The van der Waals surface area contributed by atoms with Crippen molar-refractivity contribution in [3.05, 3.63) is 71.5 Å². The van der Waals surface area contributed by atoms with Gasteiger partial charge >= 0.3 is 0 Å². The number of amidine groups is 1. The Labute approximate surface area is 127 Å². The third-order valence-electron chi connectivity index (χ3n) is 2.83. The van der Waals surface area contributed by atoms with Gasteiger partial charge < -0.3 is 15.9 Å². The molecule has 5 nitrogen and oxygen atoms in total. The minimum Gasteiger partial charge on any atom is -0.384 e. The minimum absolute atomic E-state index is 0.0795. The van der Waals surface area contributed by atoms with Crippen molar-refractivity contribution >= 4 is 11.7 Å². The Hall–Kier alpha value is -2.89. The highest BCUT2D eigenvalue weighted by molar-refractivity contribution is 5.97. The molecule has 0 heterocycles. The van der Waals surface area contributed by atoms with Crippen molar-refractivity contribution in [3.8, 4) is 0 Å². The molecule has 0 atom stereocenters. The van der Waals surface area contributed by atoms with Crippen LogP contribution in [0.4, 0.5) is 4.39 Å². The number of nitrogens with one attached hydrogen (secondary N) is 1. The molecule has 2 aromatic carbocycles. The number of hydrogen-bond acceptors (Lipinski definition) is 3. The van der Waals surface area contributed by atoms with Crippen molar-refractivity contribution in [2.24, 2.45) is 10.9 Å². The van der Waals surface area contributed by atoms with Crippen LogP contribution in [-0.2, 0) is 16.2 Å². The molecule has 0 aliphatic carbocycles. The molecule has 0 aliphatic rings. The number of oxime groups is 1. The first-order chi connectivity index (χ1) is 10.6. The van der Waals surface area contributed by atoms with Crippen LogP contribution in [-0.4, -0.2) is 18.3 Å². The van der Waals surface area contributed by atoms with E-state index in [4.69, 9.17) is 10.6 Å². The second-order valence-electron chi connectivity index (χ2n) is 4.52. The molecule has 0 bridgehead atoms. The maximum Gasteiger partial charge on any atom is 0.261 e. The summed E-state index contributed by atoms with van der Waals surface area (Å²) in [5.41, 5.74) is 7.18. The zero-order valence-corrected chi connectivity index (χ0v) is 11.8. The summed E-state index contributed by atoms with van der Waals surface area (Å²) in [4.78, 5) is 16.5. The Kier molecular flexibility index (Phi) is 5.48. The van der Waals surface area contributed by atoms with Gasteiger partial charge in [0.2, 0.25) is 0 Å². The van der Waals surface area contributed by atoms with Gasteiger partial charge in [0, 0.05) is 12.1 Å². The van der Waals surface area contributed by atoms with Crippen LogP contribution < -0.4 is 11.1 Å². The quantitative estimate of drug-likeness (QED) is 0.485. The van der Waals surface area contributed by atoms with Crippen molar-refractivity contribution in [1.82, 2.24) is 5.32 Å². The van der Waals surface area contributed by atoms with Gasteiger partial charge in [0.25, 0.3) is 5.91 Å². The molecule has 0 saturated carbocycles. The molecule has 0 saturated heterocycles. The zero-order chi connectivity index (χ0) is 15.8. The minimum atomic E-state index is -0.363. The Balaban J connectivity index is 1.76. The number of benzene rings is 2. The van der Waals surface area contributed by atoms with Gasteiger partial charge in [-0.05, 0) is 29.8 Å². The molecule has 0 aliphatic heterocycles. The van der Waals surface area contributed by atoms with Gasteiger partial charge in [0.15, 0.2) is 12.4 Å². The van der Waals surface area contributed by atoms with Crippen LogP contribution in [0.5, 0.6) is 0 Å². The lowest BCUT2D eigenvalue weighted by Crippen LogP contribution is -2.27. The Morgan fingerprint density at radius 2 is 1.82 bits per heavy atom. The number of hydrogen-bond donors (Lipinski definition) is 2. The van der Waals surface area contributed by atoms with Crippen LogP contribution in [0.2, 0.25) is 0 Å². The molecular formula is C16H16FN3O2. The topological polar surface area (TPSA) is 76.7 Å². The molecule has 2 aromatic rings. The van der Waals surface area contributed by atoms with Crippen LogP contribution in [0.1, 0.15) is 11.1 Å². The molecule has 0 radical (unpaired) electrons. The maximum absolute atomic E-state index is 12.8.